The lowest BCUT2D eigenvalue weighted by molar-refractivity contribution is 0.495. The molecular formula is C14H22O2. The third kappa shape index (κ3) is 3.97. The lowest BCUT2D eigenvalue weighted by Crippen LogP contribution is -1.64. The summed E-state index contributed by atoms with van der Waals surface area (Å²) in [6.45, 7) is 11.8. The van der Waals surface area contributed by atoms with Crippen LogP contribution in [0.2, 0.25) is 0 Å². The third-order valence-corrected chi connectivity index (χ3v) is 1.72. The number of aryl methyl sites for hydroxylation is 2. The first-order chi connectivity index (χ1) is 7.75. The average Bonchev–Trinajstić information content (AvgIpc) is 2.93. The Morgan fingerprint density at radius 1 is 0.625 bits per heavy atom. The van der Waals surface area contributed by atoms with E-state index in [4.69, 9.17) is 8.83 Å². The third-order valence-electron chi connectivity index (χ3n) is 1.72. The van der Waals surface area contributed by atoms with Gasteiger partial charge in [0.2, 0.25) is 0 Å². The Hall–Kier alpha value is -1.44. The van der Waals surface area contributed by atoms with Gasteiger partial charge in [0.15, 0.2) is 11.5 Å². The van der Waals surface area contributed by atoms with Gasteiger partial charge in [-0.15, -0.1) is 0 Å². The Morgan fingerprint density at radius 3 is 1.12 bits per heavy atom. The highest BCUT2D eigenvalue weighted by molar-refractivity contribution is 5.50. The molecule has 0 aliphatic rings. The zero-order valence-electron chi connectivity index (χ0n) is 11.1. The Labute approximate surface area is 98.3 Å². The Bertz CT molecular complexity index is 345. The zero-order valence-corrected chi connectivity index (χ0v) is 11.1. The van der Waals surface area contributed by atoms with Crippen LogP contribution in [-0.4, -0.2) is 0 Å². The standard InChI is InChI=1S/C10H10O2.2C2H6/c1-7-3-5-9(11-7)10-6-4-8(2)12-10;2*1-2/h3-6H,1-2H3;2*1-2H3. The van der Waals surface area contributed by atoms with E-state index in [0.29, 0.717) is 0 Å². The van der Waals surface area contributed by atoms with Gasteiger partial charge in [0, 0.05) is 0 Å². The highest BCUT2D eigenvalue weighted by Gasteiger charge is 2.05. The Kier molecular flexibility index (Phi) is 7.10. The lowest BCUT2D eigenvalue weighted by Gasteiger charge is -1.88. The summed E-state index contributed by atoms with van der Waals surface area (Å²) in [7, 11) is 0. The van der Waals surface area contributed by atoms with E-state index in [2.05, 4.69) is 0 Å². The van der Waals surface area contributed by atoms with Crippen LogP contribution in [0.5, 0.6) is 0 Å². The lowest BCUT2D eigenvalue weighted by atomic mass is 10.3. The molecule has 0 radical (unpaired) electrons. The summed E-state index contributed by atoms with van der Waals surface area (Å²) >= 11 is 0. The van der Waals surface area contributed by atoms with Crippen LogP contribution < -0.4 is 0 Å². The van der Waals surface area contributed by atoms with E-state index >= 15 is 0 Å². The van der Waals surface area contributed by atoms with Crippen LogP contribution in [0.25, 0.3) is 11.5 Å². The second-order valence-electron chi connectivity index (χ2n) is 2.82. The van der Waals surface area contributed by atoms with Gasteiger partial charge in [-0.1, -0.05) is 27.7 Å². The summed E-state index contributed by atoms with van der Waals surface area (Å²) in [5.41, 5.74) is 0. The smallest absolute Gasteiger partial charge is 0.169 e. The largest absolute Gasteiger partial charge is 0.458 e. The van der Waals surface area contributed by atoms with Gasteiger partial charge in [-0.2, -0.15) is 0 Å². The van der Waals surface area contributed by atoms with Crippen LogP contribution in [0, 0.1) is 13.8 Å². The molecule has 2 aromatic rings. The van der Waals surface area contributed by atoms with Gasteiger partial charge in [0.05, 0.1) is 0 Å². The van der Waals surface area contributed by atoms with E-state index in [1.165, 1.54) is 0 Å². The summed E-state index contributed by atoms with van der Waals surface area (Å²) < 4.78 is 10.8. The molecule has 16 heavy (non-hydrogen) atoms. The molecule has 2 heteroatoms. The summed E-state index contributed by atoms with van der Waals surface area (Å²) in [6, 6.07) is 7.67. The molecule has 0 saturated carbocycles. The predicted octanol–water partition coefficient (Wildman–Crippen LogP) is 5.21. The first kappa shape index (κ1) is 14.6. The van der Waals surface area contributed by atoms with E-state index in [9.17, 15) is 0 Å². The van der Waals surface area contributed by atoms with Gasteiger partial charge in [0.25, 0.3) is 0 Å². The monoisotopic (exact) mass is 222 g/mol. The van der Waals surface area contributed by atoms with Crippen molar-refractivity contribution in [3.8, 4) is 11.5 Å². The number of furan rings is 2. The molecule has 90 valence electrons. The molecule has 0 aromatic carbocycles. The number of hydrogen-bond acceptors (Lipinski definition) is 2. The van der Waals surface area contributed by atoms with E-state index in [-0.39, 0.29) is 0 Å². The van der Waals surface area contributed by atoms with Crippen LogP contribution in [0.15, 0.2) is 33.1 Å². The summed E-state index contributed by atoms with van der Waals surface area (Å²) in [5, 5.41) is 0. The van der Waals surface area contributed by atoms with Gasteiger partial charge in [-0.05, 0) is 38.1 Å². The topological polar surface area (TPSA) is 26.3 Å². The highest BCUT2D eigenvalue weighted by atomic mass is 16.4. The molecular weight excluding hydrogens is 200 g/mol. The number of rotatable bonds is 1. The number of hydrogen-bond donors (Lipinski definition) is 0. The van der Waals surface area contributed by atoms with Crippen LogP contribution in [0.1, 0.15) is 39.2 Å². The fraction of sp³-hybridized carbons (Fsp3) is 0.429. The molecule has 0 bridgehead atoms. The minimum atomic E-state index is 0.792. The van der Waals surface area contributed by atoms with Crippen molar-refractivity contribution in [2.24, 2.45) is 0 Å². The van der Waals surface area contributed by atoms with Crippen LogP contribution in [0.4, 0.5) is 0 Å². The Morgan fingerprint density at radius 2 is 0.938 bits per heavy atom. The fourth-order valence-corrected chi connectivity index (χ4v) is 1.13. The maximum atomic E-state index is 5.39. The van der Waals surface area contributed by atoms with Crippen LogP contribution in [-0.2, 0) is 0 Å². The van der Waals surface area contributed by atoms with Crippen molar-refractivity contribution in [2.45, 2.75) is 41.5 Å². The molecule has 0 unspecified atom stereocenters. The second kappa shape index (κ2) is 7.80. The van der Waals surface area contributed by atoms with Crippen molar-refractivity contribution in [3.63, 3.8) is 0 Å². The predicted molar refractivity (Wildman–Crippen MR) is 68.6 cm³/mol. The molecule has 0 spiro atoms. The molecule has 0 aliphatic heterocycles. The first-order valence-electron chi connectivity index (χ1n) is 5.89. The van der Waals surface area contributed by atoms with Gasteiger partial charge in [0.1, 0.15) is 11.5 Å². The fourth-order valence-electron chi connectivity index (χ4n) is 1.13. The van der Waals surface area contributed by atoms with Crippen molar-refractivity contribution in [1.82, 2.24) is 0 Å². The van der Waals surface area contributed by atoms with E-state index < -0.39 is 0 Å². The van der Waals surface area contributed by atoms with E-state index in [0.717, 1.165) is 23.0 Å². The maximum Gasteiger partial charge on any atom is 0.169 e. The summed E-state index contributed by atoms with van der Waals surface area (Å²) in [6.07, 6.45) is 0. The second-order valence-corrected chi connectivity index (χ2v) is 2.82. The van der Waals surface area contributed by atoms with Crippen molar-refractivity contribution in [2.75, 3.05) is 0 Å². The van der Waals surface area contributed by atoms with Crippen molar-refractivity contribution in [3.05, 3.63) is 35.8 Å². The molecule has 0 saturated heterocycles. The van der Waals surface area contributed by atoms with Gasteiger partial charge in [-0.3, -0.25) is 0 Å². The average molecular weight is 222 g/mol. The van der Waals surface area contributed by atoms with Gasteiger partial charge in [-0.25, -0.2) is 0 Å². The molecule has 2 aromatic heterocycles. The van der Waals surface area contributed by atoms with Crippen molar-refractivity contribution >= 4 is 0 Å². The molecule has 0 N–H and O–H groups in total. The minimum absolute atomic E-state index is 0.792. The maximum absolute atomic E-state index is 5.39. The van der Waals surface area contributed by atoms with Crippen LogP contribution >= 0.6 is 0 Å². The molecule has 2 nitrogen and oxygen atoms in total. The molecule has 0 fully saturated rings. The van der Waals surface area contributed by atoms with Gasteiger partial charge < -0.3 is 8.83 Å². The van der Waals surface area contributed by atoms with Crippen molar-refractivity contribution in [1.29, 1.82) is 0 Å². The quantitative estimate of drug-likeness (QED) is 0.662. The summed E-state index contributed by atoms with van der Waals surface area (Å²) in [4.78, 5) is 0. The highest BCUT2D eigenvalue weighted by Crippen LogP contribution is 2.23. The molecule has 2 heterocycles. The molecule has 2 rings (SSSR count). The minimum Gasteiger partial charge on any atom is -0.458 e. The van der Waals surface area contributed by atoms with Crippen LogP contribution in [0.3, 0.4) is 0 Å². The molecule has 0 aliphatic carbocycles. The first-order valence-corrected chi connectivity index (χ1v) is 5.89. The normalized spacial score (nSPS) is 8.62. The SMILES string of the molecule is CC.CC.Cc1ccc(-c2ccc(C)o2)o1. The summed E-state index contributed by atoms with van der Waals surface area (Å²) in [5.74, 6) is 3.39. The molecule has 0 atom stereocenters. The Balaban J connectivity index is 0.000000509. The van der Waals surface area contributed by atoms with E-state index in [1.807, 2.05) is 65.8 Å². The van der Waals surface area contributed by atoms with Crippen molar-refractivity contribution < 1.29 is 8.83 Å². The molecule has 0 amide bonds. The zero-order chi connectivity index (χ0) is 12.6. The van der Waals surface area contributed by atoms with Gasteiger partial charge >= 0.3 is 0 Å². The van der Waals surface area contributed by atoms with E-state index in [1.54, 1.807) is 0 Å².